The number of thiophene rings is 1. The molecule has 0 spiro atoms. The van der Waals surface area contributed by atoms with Crippen LogP contribution in [0.3, 0.4) is 0 Å². The molecular weight excluding hydrogens is 360 g/mol. The second-order valence-corrected chi connectivity index (χ2v) is 7.68. The Morgan fingerprint density at radius 1 is 1.19 bits per heavy atom. The minimum atomic E-state index is -0.165. The van der Waals surface area contributed by atoms with Crippen molar-refractivity contribution in [1.82, 2.24) is 9.88 Å². The van der Waals surface area contributed by atoms with Crippen LogP contribution in [0, 0.1) is 0 Å². The van der Waals surface area contributed by atoms with Crippen LogP contribution in [-0.2, 0) is 7.05 Å². The number of para-hydroxylation sites is 1. The molecule has 3 rings (SSSR count). The van der Waals surface area contributed by atoms with Gasteiger partial charge in [0, 0.05) is 19.0 Å². The molecule has 1 aromatic carbocycles. The van der Waals surface area contributed by atoms with E-state index in [4.69, 9.17) is 4.74 Å². The van der Waals surface area contributed by atoms with E-state index in [9.17, 15) is 9.59 Å². The van der Waals surface area contributed by atoms with Gasteiger partial charge in [-0.05, 0) is 18.9 Å². The van der Waals surface area contributed by atoms with E-state index in [1.807, 2.05) is 24.3 Å². The molecule has 3 aromatic rings. The third-order valence-electron chi connectivity index (χ3n) is 4.66. The first-order valence-electron chi connectivity index (χ1n) is 9.55. The third-order valence-corrected chi connectivity index (χ3v) is 5.86. The average molecular weight is 387 g/mol. The lowest BCUT2D eigenvalue weighted by Gasteiger charge is -2.09. The number of nitrogens with one attached hydrogen (secondary N) is 1. The smallest absolute Gasteiger partial charge is 0.265 e. The zero-order valence-corrected chi connectivity index (χ0v) is 16.9. The highest BCUT2D eigenvalue weighted by Gasteiger charge is 2.24. The quantitative estimate of drug-likeness (QED) is 0.581. The molecule has 2 aromatic heterocycles. The number of pyridine rings is 1. The predicted octanol–water partition coefficient (Wildman–Crippen LogP) is 4.46. The number of aryl methyl sites for hydroxylation is 1. The third kappa shape index (κ3) is 3.72. The number of hydrogen-bond donors (Lipinski definition) is 1. The number of carbonyl (C=O) groups excluding carboxylic acids is 1. The Morgan fingerprint density at radius 2 is 1.93 bits per heavy atom. The highest BCUT2D eigenvalue weighted by Crippen LogP contribution is 2.39. The second-order valence-electron chi connectivity index (χ2n) is 6.66. The number of amides is 1. The first-order valence-corrected chi connectivity index (χ1v) is 10.4. The average Bonchev–Trinajstić information content (AvgIpc) is 3.06. The number of rotatable bonds is 8. The SMILES string of the molecule is CCCCNC(=O)c1sc2c(c1OCCCC)c(=O)n(C)c1ccccc21. The summed E-state index contributed by atoms with van der Waals surface area (Å²) < 4.78 is 8.43. The fourth-order valence-electron chi connectivity index (χ4n) is 3.10. The van der Waals surface area contributed by atoms with Crippen LogP contribution < -0.4 is 15.6 Å². The molecule has 144 valence electrons. The lowest BCUT2D eigenvalue weighted by Crippen LogP contribution is -2.24. The van der Waals surface area contributed by atoms with E-state index < -0.39 is 0 Å². The fraction of sp³-hybridized carbons (Fsp3) is 0.429. The Morgan fingerprint density at radius 3 is 2.67 bits per heavy atom. The second kappa shape index (κ2) is 8.57. The molecule has 0 radical (unpaired) electrons. The van der Waals surface area contributed by atoms with Crippen LogP contribution >= 0.6 is 11.3 Å². The van der Waals surface area contributed by atoms with Crippen molar-refractivity contribution in [2.24, 2.45) is 7.05 Å². The number of unbranched alkanes of at least 4 members (excludes halogenated alkanes) is 2. The molecule has 1 N–H and O–H groups in total. The number of fused-ring (bicyclic) bond motifs is 3. The highest BCUT2D eigenvalue weighted by molar-refractivity contribution is 7.22. The van der Waals surface area contributed by atoms with Crippen LogP contribution in [0.2, 0.25) is 0 Å². The van der Waals surface area contributed by atoms with Crippen LogP contribution in [0.15, 0.2) is 29.1 Å². The summed E-state index contributed by atoms with van der Waals surface area (Å²) >= 11 is 1.35. The van der Waals surface area contributed by atoms with Gasteiger partial charge in [0.2, 0.25) is 0 Å². The van der Waals surface area contributed by atoms with Crippen molar-refractivity contribution < 1.29 is 9.53 Å². The molecule has 1 amide bonds. The molecule has 2 heterocycles. The van der Waals surface area contributed by atoms with E-state index in [1.165, 1.54) is 11.3 Å². The summed E-state index contributed by atoms with van der Waals surface area (Å²) in [5.74, 6) is 0.270. The maximum absolute atomic E-state index is 13.0. The standard InChI is InChI=1S/C21H26N2O3S/c1-4-6-12-22-20(24)19-17(26-13-7-5-2)16-18(27-19)14-10-8-9-11-15(14)23(3)21(16)25/h8-11H,4-7,12-13H2,1-3H3,(H,22,24). The Kier molecular flexibility index (Phi) is 6.16. The number of aromatic nitrogens is 1. The molecule has 27 heavy (non-hydrogen) atoms. The maximum Gasteiger partial charge on any atom is 0.265 e. The van der Waals surface area contributed by atoms with E-state index in [2.05, 4.69) is 19.2 Å². The fourth-order valence-corrected chi connectivity index (χ4v) is 4.29. The van der Waals surface area contributed by atoms with E-state index >= 15 is 0 Å². The molecular formula is C21H26N2O3S. The van der Waals surface area contributed by atoms with Gasteiger partial charge < -0.3 is 14.6 Å². The summed E-state index contributed by atoms with van der Waals surface area (Å²) in [5.41, 5.74) is 0.730. The van der Waals surface area contributed by atoms with Crippen molar-refractivity contribution in [2.75, 3.05) is 13.2 Å². The van der Waals surface area contributed by atoms with Gasteiger partial charge in [0.1, 0.15) is 10.3 Å². The molecule has 5 nitrogen and oxygen atoms in total. The van der Waals surface area contributed by atoms with Crippen molar-refractivity contribution in [1.29, 1.82) is 0 Å². The van der Waals surface area contributed by atoms with E-state index in [0.717, 1.165) is 41.3 Å². The lowest BCUT2D eigenvalue weighted by molar-refractivity contribution is 0.0953. The Balaban J connectivity index is 2.20. The largest absolute Gasteiger partial charge is 0.491 e. The zero-order valence-electron chi connectivity index (χ0n) is 16.1. The van der Waals surface area contributed by atoms with Crippen LogP contribution in [0.4, 0.5) is 0 Å². The van der Waals surface area contributed by atoms with Gasteiger partial charge >= 0.3 is 0 Å². The zero-order chi connectivity index (χ0) is 19.4. The first kappa shape index (κ1) is 19.4. The van der Waals surface area contributed by atoms with Crippen molar-refractivity contribution in [3.8, 4) is 5.75 Å². The van der Waals surface area contributed by atoms with Crippen LogP contribution in [0.1, 0.15) is 49.2 Å². The summed E-state index contributed by atoms with van der Waals surface area (Å²) in [7, 11) is 1.76. The molecule has 0 fully saturated rings. The van der Waals surface area contributed by atoms with Crippen LogP contribution in [0.25, 0.3) is 21.0 Å². The molecule has 0 atom stereocenters. The Labute approximate surface area is 163 Å². The predicted molar refractivity (Wildman–Crippen MR) is 112 cm³/mol. The summed E-state index contributed by atoms with van der Waals surface area (Å²) in [4.78, 5) is 26.3. The Bertz CT molecular complexity index is 1020. The topological polar surface area (TPSA) is 60.3 Å². The normalized spacial score (nSPS) is 11.2. The number of benzene rings is 1. The highest BCUT2D eigenvalue weighted by atomic mass is 32.1. The molecule has 0 aliphatic rings. The van der Waals surface area contributed by atoms with Gasteiger partial charge in [0.05, 0.1) is 16.8 Å². The van der Waals surface area contributed by atoms with Gasteiger partial charge in [-0.1, -0.05) is 44.9 Å². The van der Waals surface area contributed by atoms with Crippen LogP contribution in [-0.4, -0.2) is 23.6 Å². The molecule has 6 heteroatoms. The van der Waals surface area contributed by atoms with Crippen molar-refractivity contribution in [3.05, 3.63) is 39.5 Å². The summed E-state index contributed by atoms with van der Waals surface area (Å²) in [5, 5.41) is 4.43. The summed E-state index contributed by atoms with van der Waals surface area (Å²) in [6.45, 7) is 5.28. The molecule has 0 aliphatic carbocycles. The van der Waals surface area contributed by atoms with Gasteiger partial charge in [0.25, 0.3) is 11.5 Å². The molecule has 0 unspecified atom stereocenters. The van der Waals surface area contributed by atoms with Crippen LogP contribution in [0.5, 0.6) is 5.75 Å². The van der Waals surface area contributed by atoms with Gasteiger partial charge in [-0.15, -0.1) is 11.3 Å². The van der Waals surface area contributed by atoms with Crippen molar-refractivity contribution >= 4 is 38.2 Å². The van der Waals surface area contributed by atoms with Gasteiger partial charge in [-0.2, -0.15) is 0 Å². The van der Waals surface area contributed by atoms with E-state index in [-0.39, 0.29) is 11.5 Å². The monoisotopic (exact) mass is 386 g/mol. The lowest BCUT2D eigenvalue weighted by atomic mass is 10.1. The summed E-state index contributed by atoms with van der Waals surface area (Å²) in [6.07, 6.45) is 3.80. The molecule has 0 saturated carbocycles. The number of carbonyl (C=O) groups is 1. The van der Waals surface area contributed by atoms with E-state index in [1.54, 1.807) is 11.6 Å². The number of nitrogens with zero attached hydrogens (tertiary/aromatic N) is 1. The van der Waals surface area contributed by atoms with Gasteiger partial charge in [0.15, 0.2) is 5.75 Å². The van der Waals surface area contributed by atoms with E-state index in [0.29, 0.717) is 29.2 Å². The first-order chi connectivity index (χ1) is 13.1. The molecule has 0 saturated heterocycles. The minimum Gasteiger partial charge on any atom is -0.491 e. The minimum absolute atomic E-state index is 0.126. The maximum atomic E-state index is 13.0. The van der Waals surface area contributed by atoms with Gasteiger partial charge in [-0.3, -0.25) is 9.59 Å². The van der Waals surface area contributed by atoms with Crippen molar-refractivity contribution in [3.63, 3.8) is 0 Å². The van der Waals surface area contributed by atoms with Crippen molar-refractivity contribution in [2.45, 2.75) is 39.5 Å². The molecule has 0 bridgehead atoms. The Hall–Kier alpha value is -2.34. The number of ether oxygens (including phenoxy) is 1. The van der Waals surface area contributed by atoms with Gasteiger partial charge in [-0.25, -0.2) is 0 Å². The number of hydrogen-bond acceptors (Lipinski definition) is 4. The summed E-state index contributed by atoms with van der Waals surface area (Å²) in [6, 6.07) is 7.78. The molecule has 0 aliphatic heterocycles.